The van der Waals surface area contributed by atoms with Crippen LogP contribution in [0.3, 0.4) is 0 Å². The van der Waals surface area contributed by atoms with Crippen molar-refractivity contribution >= 4 is 40.7 Å². The van der Waals surface area contributed by atoms with Gasteiger partial charge in [-0.25, -0.2) is 4.39 Å². The van der Waals surface area contributed by atoms with Crippen molar-refractivity contribution in [3.05, 3.63) is 75.7 Å². The van der Waals surface area contributed by atoms with Crippen LogP contribution in [0.15, 0.2) is 59.3 Å². The molecule has 0 spiro atoms. The summed E-state index contributed by atoms with van der Waals surface area (Å²) in [5.41, 5.74) is 1.15. The second-order valence-electron chi connectivity index (χ2n) is 5.15. The van der Waals surface area contributed by atoms with Gasteiger partial charge >= 0.3 is 0 Å². The first-order chi connectivity index (χ1) is 11.5. The zero-order valence-electron chi connectivity index (χ0n) is 12.2. The van der Waals surface area contributed by atoms with Crippen molar-refractivity contribution in [1.82, 2.24) is 4.90 Å². The summed E-state index contributed by atoms with van der Waals surface area (Å²) >= 11 is 11.9. The summed E-state index contributed by atoms with van der Waals surface area (Å²) in [6, 6.07) is 12.2. The number of benzene rings is 2. The van der Waals surface area contributed by atoms with Crippen LogP contribution in [0, 0.1) is 5.82 Å². The van der Waals surface area contributed by atoms with Gasteiger partial charge in [-0.15, -0.1) is 0 Å². The van der Waals surface area contributed by atoms with E-state index in [-0.39, 0.29) is 17.3 Å². The highest BCUT2D eigenvalue weighted by molar-refractivity contribution is 6.48. The minimum Gasteiger partial charge on any atom is -0.350 e. The van der Waals surface area contributed by atoms with E-state index in [1.807, 2.05) is 0 Å². The Labute approximate surface area is 147 Å². The normalized spacial score (nSPS) is 14.5. The molecule has 0 saturated carbocycles. The summed E-state index contributed by atoms with van der Waals surface area (Å²) < 4.78 is 13.0. The Kier molecular flexibility index (Phi) is 4.55. The number of anilines is 1. The molecule has 122 valence electrons. The van der Waals surface area contributed by atoms with E-state index in [2.05, 4.69) is 5.32 Å². The number of carbonyl (C=O) groups is 2. The molecule has 0 unspecified atom stereocenters. The standard InChI is InChI=1S/C17H11Cl2FN2O2/c18-11-2-1-3-13(8-11)21-15-14(19)16(23)22(17(15)24)9-10-4-6-12(20)7-5-10/h1-8,21H,9H2. The van der Waals surface area contributed by atoms with E-state index < -0.39 is 17.6 Å². The van der Waals surface area contributed by atoms with Crippen LogP contribution in [-0.2, 0) is 16.1 Å². The first-order valence-electron chi connectivity index (χ1n) is 6.98. The van der Waals surface area contributed by atoms with Gasteiger partial charge < -0.3 is 5.32 Å². The maximum atomic E-state index is 13.0. The Morgan fingerprint density at radius 3 is 2.38 bits per heavy atom. The van der Waals surface area contributed by atoms with Gasteiger partial charge in [0, 0.05) is 10.7 Å². The summed E-state index contributed by atoms with van der Waals surface area (Å²) in [5, 5.41) is 3.12. The van der Waals surface area contributed by atoms with E-state index in [0.29, 0.717) is 16.3 Å². The zero-order chi connectivity index (χ0) is 17.3. The van der Waals surface area contributed by atoms with Crippen LogP contribution in [0.1, 0.15) is 5.56 Å². The van der Waals surface area contributed by atoms with Gasteiger partial charge in [-0.2, -0.15) is 0 Å². The highest BCUT2D eigenvalue weighted by Gasteiger charge is 2.37. The van der Waals surface area contributed by atoms with Crippen molar-refractivity contribution in [2.45, 2.75) is 6.54 Å². The van der Waals surface area contributed by atoms with E-state index in [9.17, 15) is 14.0 Å². The molecule has 24 heavy (non-hydrogen) atoms. The molecule has 1 heterocycles. The Morgan fingerprint density at radius 2 is 1.71 bits per heavy atom. The van der Waals surface area contributed by atoms with Gasteiger partial charge in [0.2, 0.25) is 0 Å². The number of imide groups is 1. The lowest BCUT2D eigenvalue weighted by molar-refractivity contribution is -0.138. The smallest absolute Gasteiger partial charge is 0.279 e. The number of hydrogen-bond donors (Lipinski definition) is 1. The summed E-state index contributed by atoms with van der Waals surface area (Å²) in [5.74, 6) is -1.54. The number of amides is 2. The molecule has 2 aromatic rings. The third-order valence-corrected chi connectivity index (χ3v) is 4.05. The van der Waals surface area contributed by atoms with Crippen molar-refractivity contribution in [3.63, 3.8) is 0 Å². The van der Waals surface area contributed by atoms with E-state index >= 15 is 0 Å². The highest BCUT2D eigenvalue weighted by Crippen LogP contribution is 2.27. The molecule has 1 N–H and O–H groups in total. The van der Waals surface area contributed by atoms with Crippen LogP contribution in [0.25, 0.3) is 0 Å². The van der Waals surface area contributed by atoms with Gasteiger partial charge in [-0.3, -0.25) is 14.5 Å². The molecular weight excluding hydrogens is 354 g/mol. The van der Waals surface area contributed by atoms with Crippen LogP contribution in [0.2, 0.25) is 5.02 Å². The second kappa shape index (κ2) is 6.63. The molecule has 0 aliphatic carbocycles. The molecule has 0 saturated heterocycles. The van der Waals surface area contributed by atoms with Crippen LogP contribution >= 0.6 is 23.2 Å². The third-order valence-electron chi connectivity index (χ3n) is 3.46. The Morgan fingerprint density at radius 1 is 1.00 bits per heavy atom. The van der Waals surface area contributed by atoms with E-state index in [1.165, 1.54) is 24.3 Å². The lowest BCUT2D eigenvalue weighted by Gasteiger charge is -2.15. The quantitative estimate of drug-likeness (QED) is 0.836. The highest BCUT2D eigenvalue weighted by atomic mass is 35.5. The molecule has 0 aromatic heterocycles. The minimum absolute atomic E-state index is 0.00829. The zero-order valence-corrected chi connectivity index (χ0v) is 13.7. The van der Waals surface area contributed by atoms with Crippen molar-refractivity contribution in [2.24, 2.45) is 0 Å². The average Bonchev–Trinajstić information content (AvgIpc) is 2.75. The van der Waals surface area contributed by atoms with Crippen molar-refractivity contribution in [2.75, 3.05) is 5.32 Å². The molecule has 0 fully saturated rings. The SMILES string of the molecule is O=C1C(Cl)=C(Nc2cccc(Cl)c2)C(=O)N1Cc1ccc(F)cc1. The monoisotopic (exact) mass is 364 g/mol. The fourth-order valence-corrected chi connectivity index (χ4v) is 2.70. The largest absolute Gasteiger partial charge is 0.350 e. The molecule has 0 atom stereocenters. The summed E-state index contributed by atoms with van der Waals surface area (Å²) in [6.07, 6.45) is 0. The van der Waals surface area contributed by atoms with E-state index in [1.54, 1.807) is 24.3 Å². The van der Waals surface area contributed by atoms with Crippen molar-refractivity contribution in [1.29, 1.82) is 0 Å². The molecular formula is C17H11Cl2FN2O2. The summed E-state index contributed by atoms with van der Waals surface area (Å²) in [7, 11) is 0. The molecule has 2 aromatic carbocycles. The van der Waals surface area contributed by atoms with Gasteiger partial charge in [0.05, 0.1) is 6.54 Å². The maximum Gasteiger partial charge on any atom is 0.279 e. The number of nitrogens with one attached hydrogen (secondary N) is 1. The predicted octanol–water partition coefficient (Wildman–Crippen LogP) is 3.91. The van der Waals surface area contributed by atoms with Gasteiger partial charge in [-0.1, -0.05) is 41.4 Å². The van der Waals surface area contributed by atoms with E-state index in [4.69, 9.17) is 23.2 Å². The van der Waals surface area contributed by atoms with Crippen LogP contribution in [0.5, 0.6) is 0 Å². The molecule has 1 aliphatic heterocycles. The fraction of sp³-hybridized carbons (Fsp3) is 0.0588. The molecule has 7 heteroatoms. The maximum absolute atomic E-state index is 13.0. The first kappa shape index (κ1) is 16.5. The Bertz CT molecular complexity index is 850. The molecule has 1 aliphatic rings. The Balaban J connectivity index is 1.80. The number of carbonyl (C=O) groups excluding carboxylic acids is 2. The lowest BCUT2D eigenvalue weighted by Crippen LogP contribution is -2.31. The molecule has 0 radical (unpaired) electrons. The second-order valence-corrected chi connectivity index (χ2v) is 5.96. The number of rotatable bonds is 4. The van der Waals surface area contributed by atoms with Crippen LogP contribution in [0.4, 0.5) is 10.1 Å². The topological polar surface area (TPSA) is 49.4 Å². The van der Waals surface area contributed by atoms with Crippen molar-refractivity contribution < 1.29 is 14.0 Å². The van der Waals surface area contributed by atoms with Gasteiger partial charge in [-0.05, 0) is 35.9 Å². The number of nitrogens with zero attached hydrogens (tertiary/aromatic N) is 1. The predicted molar refractivity (Wildman–Crippen MR) is 89.9 cm³/mol. The fourth-order valence-electron chi connectivity index (χ4n) is 2.28. The van der Waals surface area contributed by atoms with Gasteiger partial charge in [0.1, 0.15) is 16.5 Å². The molecule has 4 nitrogen and oxygen atoms in total. The summed E-state index contributed by atoms with van der Waals surface area (Å²) in [4.78, 5) is 25.7. The Hall–Kier alpha value is -2.37. The molecule has 2 amide bonds. The minimum atomic E-state index is -0.601. The first-order valence-corrected chi connectivity index (χ1v) is 7.74. The lowest BCUT2D eigenvalue weighted by atomic mass is 10.2. The van der Waals surface area contributed by atoms with Gasteiger partial charge in [0.25, 0.3) is 11.8 Å². The van der Waals surface area contributed by atoms with Crippen LogP contribution in [-0.4, -0.2) is 16.7 Å². The summed E-state index contributed by atoms with van der Waals surface area (Å²) in [6.45, 7) is 0.00882. The van der Waals surface area contributed by atoms with Crippen LogP contribution < -0.4 is 5.32 Å². The third kappa shape index (κ3) is 3.27. The molecule has 3 rings (SSSR count). The van der Waals surface area contributed by atoms with E-state index in [0.717, 1.165) is 4.90 Å². The number of hydrogen-bond acceptors (Lipinski definition) is 3. The number of halogens is 3. The average molecular weight is 365 g/mol. The van der Waals surface area contributed by atoms with Gasteiger partial charge in [0.15, 0.2) is 0 Å². The van der Waals surface area contributed by atoms with Crippen molar-refractivity contribution in [3.8, 4) is 0 Å². The molecule has 0 bridgehead atoms.